The zero-order chi connectivity index (χ0) is 18.0. The quantitative estimate of drug-likeness (QED) is 0.680. The molecule has 9 heteroatoms. The number of hydrogen-bond acceptors (Lipinski definition) is 6. The van der Waals surface area contributed by atoms with E-state index >= 15 is 0 Å². The van der Waals surface area contributed by atoms with Crippen molar-refractivity contribution < 1.29 is 18.3 Å². The Kier molecular flexibility index (Phi) is 6.48. The molecule has 2 aromatic carbocycles. The van der Waals surface area contributed by atoms with Crippen molar-refractivity contribution in [2.24, 2.45) is 0 Å². The van der Waals surface area contributed by atoms with Gasteiger partial charge in [0.2, 0.25) is 0 Å². The van der Waals surface area contributed by atoms with Crippen LogP contribution < -0.4 is 13.9 Å². The van der Waals surface area contributed by atoms with E-state index in [9.17, 15) is 18.3 Å². The molecule has 3 N–H and O–H groups in total. The number of rotatable bonds is 6. The number of likely N-dealkylation sites (N-methyl/N-ethyl adjacent to an activating group) is 1. The van der Waals surface area contributed by atoms with Gasteiger partial charge >= 0.3 is 0 Å². The van der Waals surface area contributed by atoms with Crippen molar-refractivity contribution in [1.82, 2.24) is 5.32 Å². The first-order valence-corrected chi connectivity index (χ1v) is 9.29. The van der Waals surface area contributed by atoms with Crippen molar-refractivity contribution in [2.75, 3.05) is 28.7 Å². The summed E-state index contributed by atoms with van der Waals surface area (Å²) in [5, 5.41) is 2.78. The summed E-state index contributed by atoms with van der Waals surface area (Å²) in [6.45, 7) is 0.344. The van der Waals surface area contributed by atoms with E-state index in [1.54, 1.807) is 43.4 Å². The summed E-state index contributed by atoms with van der Waals surface area (Å²) in [5.41, 5.74) is 1.13. The smallest absolute Gasteiger partial charge is 0.148 e. The summed E-state index contributed by atoms with van der Waals surface area (Å²) < 4.78 is 38.6. The van der Waals surface area contributed by atoms with Crippen LogP contribution in [0.25, 0.3) is 0 Å². The van der Waals surface area contributed by atoms with E-state index in [-0.39, 0.29) is 43.4 Å². The molecular formula is C17H21ClFN3O3S. The predicted octanol–water partition coefficient (Wildman–Crippen LogP) is 3.96. The number of fused-ring (bicyclic) bond motifs is 1. The molecule has 0 atom stereocenters. The third kappa shape index (κ3) is 3.65. The highest BCUT2D eigenvalue weighted by molar-refractivity contribution is 8.27. The van der Waals surface area contributed by atoms with Crippen LogP contribution in [0.15, 0.2) is 48.5 Å². The van der Waals surface area contributed by atoms with Gasteiger partial charge in [0, 0.05) is 13.0 Å². The number of carbonyl (C=O) groups is 1. The zero-order valence-corrected chi connectivity index (χ0v) is 15.8. The summed E-state index contributed by atoms with van der Waals surface area (Å²) in [6, 6.07) is 12.9. The molecule has 0 bridgehead atoms. The molecule has 3 rings (SSSR count). The second kappa shape index (κ2) is 8.24. The molecule has 0 saturated carbocycles. The van der Waals surface area contributed by atoms with Gasteiger partial charge in [0.25, 0.3) is 0 Å². The first-order valence-electron chi connectivity index (χ1n) is 7.83. The Morgan fingerprint density at radius 3 is 2.27 bits per heavy atom. The van der Waals surface area contributed by atoms with Gasteiger partial charge in [-0.2, -0.15) is 0 Å². The molecule has 0 saturated heterocycles. The number of Topliss-reactive ketones (excluding diaryl/α,β-unsaturated/α-hetero) is 1. The Balaban J connectivity index is 0.00000243. The van der Waals surface area contributed by atoms with E-state index < -0.39 is 16.8 Å². The third-order valence-corrected chi connectivity index (χ3v) is 5.80. The van der Waals surface area contributed by atoms with Gasteiger partial charge in [-0.1, -0.05) is 24.3 Å². The van der Waals surface area contributed by atoms with Gasteiger partial charge in [-0.3, -0.25) is 18.2 Å². The van der Waals surface area contributed by atoms with Crippen LogP contribution >= 0.6 is 23.4 Å². The van der Waals surface area contributed by atoms with Crippen LogP contribution in [-0.2, 0) is 4.79 Å². The average molecular weight is 402 g/mol. The number of para-hydroxylation sites is 3. The lowest BCUT2D eigenvalue weighted by molar-refractivity contribution is -0.117. The Labute approximate surface area is 159 Å². The minimum Gasteiger partial charge on any atom is -0.313 e. The summed E-state index contributed by atoms with van der Waals surface area (Å²) in [4.78, 5) is 11.8. The van der Waals surface area contributed by atoms with Crippen molar-refractivity contribution in [3.63, 3.8) is 0 Å². The third-order valence-electron chi connectivity index (χ3n) is 3.95. The fraction of sp³-hybridized carbons (Fsp3) is 0.235. The maximum absolute atomic E-state index is 14.3. The van der Waals surface area contributed by atoms with Crippen LogP contribution in [0.1, 0.15) is 6.42 Å². The fourth-order valence-corrected chi connectivity index (χ4v) is 4.62. The molecule has 1 heterocycles. The summed E-state index contributed by atoms with van der Waals surface area (Å²) in [5.74, 6) is -0.593. The van der Waals surface area contributed by atoms with E-state index in [0.29, 0.717) is 11.4 Å². The summed E-state index contributed by atoms with van der Waals surface area (Å²) in [6.07, 6.45) is 0.149. The molecule has 1 aliphatic heterocycles. The van der Waals surface area contributed by atoms with Gasteiger partial charge in [-0.15, -0.1) is 12.4 Å². The molecule has 0 aromatic heterocycles. The van der Waals surface area contributed by atoms with Gasteiger partial charge < -0.3 is 5.32 Å². The van der Waals surface area contributed by atoms with Gasteiger partial charge in [-0.25, -0.2) is 8.70 Å². The monoisotopic (exact) mass is 401 g/mol. The van der Waals surface area contributed by atoms with E-state index in [1.165, 1.54) is 20.7 Å². The molecule has 142 valence electrons. The molecule has 2 aromatic rings. The van der Waals surface area contributed by atoms with Crippen molar-refractivity contribution in [1.29, 1.82) is 0 Å². The fourth-order valence-electron chi connectivity index (χ4n) is 2.84. The minimum atomic E-state index is -3.52. The molecule has 0 amide bonds. The van der Waals surface area contributed by atoms with E-state index in [0.717, 1.165) is 0 Å². The van der Waals surface area contributed by atoms with Crippen molar-refractivity contribution in [3.05, 3.63) is 54.3 Å². The molecule has 1 aliphatic rings. The van der Waals surface area contributed by atoms with Crippen LogP contribution in [0.2, 0.25) is 0 Å². The van der Waals surface area contributed by atoms with Crippen LogP contribution in [0.3, 0.4) is 0 Å². The Morgan fingerprint density at radius 2 is 1.65 bits per heavy atom. The molecule has 0 radical (unpaired) electrons. The van der Waals surface area contributed by atoms with Crippen LogP contribution in [0, 0.1) is 5.82 Å². The number of hydrogen-bond donors (Lipinski definition) is 3. The number of halogens is 2. The van der Waals surface area contributed by atoms with Gasteiger partial charge in [0.05, 0.1) is 17.9 Å². The lowest BCUT2D eigenvalue weighted by Crippen LogP contribution is -2.33. The van der Waals surface area contributed by atoms with E-state index in [1.807, 2.05) is 0 Å². The molecular weight excluding hydrogens is 381 g/mol. The maximum Gasteiger partial charge on any atom is 0.148 e. The number of nitrogens with zero attached hydrogens (tertiary/aromatic N) is 2. The number of anilines is 3. The minimum absolute atomic E-state index is 0. The SMILES string of the molecule is CNCC(=O)CCN1c2ccccc2N(c2ccccc2F)S1(O)O.Cl. The predicted molar refractivity (Wildman–Crippen MR) is 106 cm³/mol. The van der Waals surface area contributed by atoms with Crippen molar-refractivity contribution in [3.8, 4) is 0 Å². The Bertz CT molecular complexity index is 793. The maximum atomic E-state index is 14.3. The standard InChI is InChI=1S/C17H20FN3O3S.ClH/c1-19-12-13(22)10-11-20-16-8-4-5-9-17(16)21(25(20,23)24)15-7-3-2-6-14(15)18;/h2-9,19,23-24H,10-12H2,1H3;1H. The average Bonchev–Trinajstić information content (AvgIpc) is 2.80. The lowest BCUT2D eigenvalue weighted by atomic mass is 10.2. The highest BCUT2D eigenvalue weighted by Crippen LogP contribution is 2.64. The normalized spacial score (nSPS) is 16.0. The largest absolute Gasteiger partial charge is 0.313 e. The highest BCUT2D eigenvalue weighted by Gasteiger charge is 2.42. The molecule has 0 unspecified atom stereocenters. The lowest BCUT2D eigenvalue weighted by Gasteiger charge is -2.43. The topological polar surface area (TPSA) is 76.0 Å². The molecule has 0 fully saturated rings. The van der Waals surface area contributed by atoms with Gasteiger partial charge in [-0.05, 0) is 42.3 Å². The van der Waals surface area contributed by atoms with E-state index in [2.05, 4.69) is 5.32 Å². The molecule has 26 heavy (non-hydrogen) atoms. The highest BCUT2D eigenvalue weighted by atomic mass is 35.5. The Hall–Kier alpha value is -1.84. The molecule has 6 nitrogen and oxygen atoms in total. The Morgan fingerprint density at radius 1 is 1.08 bits per heavy atom. The number of carbonyl (C=O) groups excluding carboxylic acids is 1. The zero-order valence-electron chi connectivity index (χ0n) is 14.1. The van der Waals surface area contributed by atoms with Crippen molar-refractivity contribution >= 4 is 46.2 Å². The van der Waals surface area contributed by atoms with Gasteiger partial charge in [0.15, 0.2) is 0 Å². The van der Waals surface area contributed by atoms with E-state index in [4.69, 9.17) is 0 Å². The first kappa shape index (κ1) is 20.5. The first-order chi connectivity index (χ1) is 12.0. The van der Waals surface area contributed by atoms with Gasteiger partial charge in [0.1, 0.15) is 17.3 Å². The second-order valence-electron chi connectivity index (χ2n) is 5.65. The van der Waals surface area contributed by atoms with Crippen molar-refractivity contribution in [2.45, 2.75) is 6.42 Å². The van der Waals surface area contributed by atoms with Crippen LogP contribution in [0.5, 0.6) is 0 Å². The molecule has 0 spiro atoms. The number of ketones is 1. The number of nitrogens with one attached hydrogen (secondary N) is 1. The van der Waals surface area contributed by atoms with Crippen LogP contribution in [0.4, 0.5) is 21.5 Å². The molecule has 0 aliphatic carbocycles. The summed E-state index contributed by atoms with van der Waals surface area (Å²) >= 11 is 0. The number of benzene rings is 2. The van der Waals surface area contributed by atoms with Crippen LogP contribution in [-0.4, -0.2) is 35.0 Å². The second-order valence-corrected chi connectivity index (χ2v) is 7.43. The summed E-state index contributed by atoms with van der Waals surface area (Å²) in [7, 11) is -1.84.